The highest BCUT2D eigenvalue weighted by molar-refractivity contribution is 6.00. The molecule has 106 valence electrons. The lowest BCUT2D eigenvalue weighted by Gasteiger charge is -2.32. The number of carbonyl (C=O) groups excluding carboxylic acids is 2. The Labute approximate surface area is 112 Å². The van der Waals surface area contributed by atoms with E-state index in [1.54, 1.807) is 13.8 Å². The summed E-state index contributed by atoms with van der Waals surface area (Å²) in [6.45, 7) is 5.61. The summed E-state index contributed by atoms with van der Waals surface area (Å²) in [4.78, 5) is 35.9. The van der Waals surface area contributed by atoms with Crippen molar-refractivity contribution in [3.63, 3.8) is 0 Å². The first-order chi connectivity index (χ1) is 8.79. The number of esters is 1. The number of aliphatic carboxylic acids is 1. The van der Waals surface area contributed by atoms with Crippen molar-refractivity contribution in [2.24, 2.45) is 0 Å². The fraction of sp³-hybridized carbons (Fsp3) is 0.615. The van der Waals surface area contributed by atoms with Gasteiger partial charge in [0, 0.05) is 12.0 Å². The van der Waals surface area contributed by atoms with Gasteiger partial charge in [0.2, 0.25) is 5.91 Å². The zero-order valence-electron chi connectivity index (χ0n) is 11.4. The Hall–Kier alpha value is -1.85. The summed E-state index contributed by atoms with van der Waals surface area (Å²) in [6, 6.07) is 0. The second kappa shape index (κ2) is 5.86. The van der Waals surface area contributed by atoms with Crippen molar-refractivity contribution in [2.45, 2.75) is 45.6 Å². The quantitative estimate of drug-likeness (QED) is 0.601. The molecule has 1 fully saturated rings. The summed E-state index contributed by atoms with van der Waals surface area (Å²) in [5.74, 6) is -2.31. The predicted molar refractivity (Wildman–Crippen MR) is 67.1 cm³/mol. The molecule has 0 aromatic heterocycles. The van der Waals surface area contributed by atoms with E-state index in [1.165, 1.54) is 4.90 Å². The lowest BCUT2D eigenvalue weighted by Crippen LogP contribution is -2.43. The molecule has 1 heterocycles. The van der Waals surface area contributed by atoms with E-state index >= 15 is 0 Å². The molecule has 1 saturated heterocycles. The van der Waals surface area contributed by atoms with Gasteiger partial charge in [-0.2, -0.15) is 0 Å². The number of nitrogens with zero attached hydrogens (tertiary/aromatic N) is 1. The number of hydrogen-bond donors (Lipinski definition) is 1. The van der Waals surface area contributed by atoms with Gasteiger partial charge in [-0.15, -0.1) is 0 Å². The number of hydrogen-bond acceptors (Lipinski definition) is 4. The van der Waals surface area contributed by atoms with Crippen LogP contribution < -0.4 is 0 Å². The molecule has 0 unspecified atom stereocenters. The van der Waals surface area contributed by atoms with E-state index in [-0.39, 0.29) is 18.2 Å². The number of amides is 1. The largest absolute Gasteiger partial charge is 0.478 e. The van der Waals surface area contributed by atoms with Crippen LogP contribution in [0.1, 0.15) is 40.0 Å². The molecule has 0 saturated carbocycles. The first-order valence-electron chi connectivity index (χ1n) is 6.24. The van der Waals surface area contributed by atoms with E-state index in [9.17, 15) is 14.4 Å². The third-order valence-electron chi connectivity index (χ3n) is 2.95. The summed E-state index contributed by atoms with van der Waals surface area (Å²) >= 11 is 0. The highest BCUT2D eigenvalue weighted by atomic mass is 16.5. The zero-order chi connectivity index (χ0) is 14.6. The normalized spacial score (nSPS) is 18.6. The molecule has 0 spiro atoms. The lowest BCUT2D eigenvalue weighted by atomic mass is 10.0. The fourth-order valence-electron chi connectivity index (χ4n) is 2.03. The molecular formula is C13H19NO5. The molecule has 19 heavy (non-hydrogen) atoms. The van der Waals surface area contributed by atoms with Gasteiger partial charge in [0.25, 0.3) is 0 Å². The van der Waals surface area contributed by atoms with Crippen molar-refractivity contribution in [1.29, 1.82) is 0 Å². The number of likely N-dealkylation sites (tertiary alicyclic amines) is 1. The van der Waals surface area contributed by atoms with E-state index < -0.39 is 17.5 Å². The fourth-order valence-corrected chi connectivity index (χ4v) is 2.03. The van der Waals surface area contributed by atoms with Crippen LogP contribution in [0.5, 0.6) is 0 Å². The smallest absolute Gasteiger partial charge is 0.355 e. The number of carboxylic acids is 1. The summed E-state index contributed by atoms with van der Waals surface area (Å²) in [5.41, 5.74) is -0.780. The monoisotopic (exact) mass is 269 g/mol. The van der Waals surface area contributed by atoms with E-state index in [1.807, 2.05) is 6.92 Å². The van der Waals surface area contributed by atoms with Gasteiger partial charge in [0.15, 0.2) is 0 Å². The number of rotatable bonds is 5. The topological polar surface area (TPSA) is 83.9 Å². The molecule has 0 aliphatic carbocycles. The molecule has 0 atom stereocenters. The average Bonchev–Trinajstić information content (AvgIpc) is 2.57. The SMILES string of the molecule is CCCOC(=O)/C(=C/C(=O)O)N1C(=O)CCC1(C)C. The van der Waals surface area contributed by atoms with Gasteiger partial charge in [-0.3, -0.25) is 4.79 Å². The molecule has 1 amide bonds. The number of ether oxygens (including phenoxy) is 1. The molecule has 0 bridgehead atoms. The van der Waals surface area contributed by atoms with Crippen molar-refractivity contribution < 1.29 is 24.2 Å². The van der Waals surface area contributed by atoms with Gasteiger partial charge in [0.1, 0.15) is 5.70 Å². The molecule has 6 heteroatoms. The predicted octanol–water partition coefficient (Wildman–Crippen LogP) is 1.31. The molecule has 1 rings (SSSR count). The Morgan fingerprint density at radius 2 is 2.11 bits per heavy atom. The second-order valence-corrected chi connectivity index (χ2v) is 5.05. The van der Waals surface area contributed by atoms with E-state index in [4.69, 9.17) is 9.84 Å². The minimum atomic E-state index is -1.28. The van der Waals surface area contributed by atoms with Crippen LogP contribution in [0.4, 0.5) is 0 Å². The van der Waals surface area contributed by atoms with Gasteiger partial charge < -0.3 is 14.7 Å². The lowest BCUT2D eigenvalue weighted by molar-refractivity contribution is -0.145. The Bertz CT molecular complexity index is 425. The summed E-state index contributed by atoms with van der Waals surface area (Å²) in [5, 5.41) is 8.85. The minimum absolute atomic E-state index is 0.193. The van der Waals surface area contributed by atoms with Gasteiger partial charge >= 0.3 is 11.9 Å². The van der Waals surface area contributed by atoms with Gasteiger partial charge in [-0.05, 0) is 26.7 Å². The minimum Gasteiger partial charge on any atom is -0.478 e. The molecular weight excluding hydrogens is 250 g/mol. The van der Waals surface area contributed by atoms with Crippen LogP contribution in [-0.2, 0) is 19.1 Å². The van der Waals surface area contributed by atoms with Crippen LogP contribution in [0, 0.1) is 0 Å². The van der Waals surface area contributed by atoms with E-state index in [2.05, 4.69) is 0 Å². The van der Waals surface area contributed by atoms with Crippen molar-refractivity contribution >= 4 is 17.8 Å². The first-order valence-corrected chi connectivity index (χ1v) is 6.24. The Balaban J connectivity index is 3.07. The Morgan fingerprint density at radius 3 is 2.53 bits per heavy atom. The van der Waals surface area contributed by atoms with Gasteiger partial charge in [-0.1, -0.05) is 6.92 Å². The maximum atomic E-state index is 11.9. The molecule has 0 aromatic carbocycles. The molecule has 1 aliphatic heterocycles. The van der Waals surface area contributed by atoms with Crippen LogP contribution in [0.2, 0.25) is 0 Å². The van der Waals surface area contributed by atoms with Gasteiger partial charge in [0.05, 0.1) is 12.7 Å². The second-order valence-electron chi connectivity index (χ2n) is 5.05. The molecule has 0 aromatic rings. The molecule has 1 N–H and O–H groups in total. The number of carboxylic acid groups (broad SMARTS) is 1. The van der Waals surface area contributed by atoms with Crippen molar-refractivity contribution in [1.82, 2.24) is 4.90 Å². The third-order valence-corrected chi connectivity index (χ3v) is 2.95. The summed E-state index contributed by atoms with van der Waals surface area (Å²) in [7, 11) is 0. The van der Waals surface area contributed by atoms with Crippen molar-refractivity contribution in [3.05, 3.63) is 11.8 Å². The van der Waals surface area contributed by atoms with E-state index in [0.29, 0.717) is 19.3 Å². The Morgan fingerprint density at radius 1 is 1.47 bits per heavy atom. The van der Waals surface area contributed by atoms with E-state index in [0.717, 1.165) is 6.08 Å². The van der Waals surface area contributed by atoms with Crippen LogP contribution in [0.3, 0.4) is 0 Å². The Kier molecular flexibility index (Phi) is 4.69. The number of carbonyl (C=O) groups is 3. The highest BCUT2D eigenvalue weighted by Gasteiger charge is 2.42. The van der Waals surface area contributed by atoms with Crippen LogP contribution in [0.25, 0.3) is 0 Å². The van der Waals surface area contributed by atoms with Crippen molar-refractivity contribution in [2.75, 3.05) is 6.61 Å². The average molecular weight is 269 g/mol. The standard InChI is InChI=1S/C13H19NO5/c1-4-7-19-12(18)9(8-11(16)17)14-10(15)5-6-13(14,2)3/h8H,4-7H2,1-3H3,(H,16,17)/b9-8-. The van der Waals surface area contributed by atoms with Crippen LogP contribution >= 0.6 is 0 Å². The van der Waals surface area contributed by atoms with Crippen LogP contribution in [0.15, 0.2) is 11.8 Å². The highest BCUT2D eigenvalue weighted by Crippen LogP contribution is 2.33. The summed E-state index contributed by atoms with van der Waals surface area (Å²) < 4.78 is 4.94. The molecule has 6 nitrogen and oxygen atoms in total. The maximum Gasteiger partial charge on any atom is 0.355 e. The zero-order valence-corrected chi connectivity index (χ0v) is 11.4. The molecule has 1 aliphatic rings. The molecule has 0 radical (unpaired) electrons. The maximum absolute atomic E-state index is 11.9. The summed E-state index contributed by atoms with van der Waals surface area (Å²) in [6.07, 6.45) is 2.24. The van der Waals surface area contributed by atoms with Crippen molar-refractivity contribution in [3.8, 4) is 0 Å². The van der Waals surface area contributed by atoms with Gasteiger partial charge in [-0.25, -0.2) is 9.59 Å². The first kappa shape index (κ1) is 15.2. The van der Waals surface area contributed by atoms with Crippen LogP contribution in [-0.4, -0.2) is 40.0 Å². The third kappa shape index (κ3) is 3.56.